The molecule has 0 atom stereocenters. The molecule has 0 bridgehead atoms. The van der Waals surface area contributed by atoms with Crippen LogP contribution in [-0.2, 0) is 20.8 Å². The topological polar surface area (TPSA) is 31.6 Å². The summed E-state index contributed by atoms with van der Waals surface area (Å²) in [7, 11) is 1.67. The first-order chi connectivity index (χ1) is 11.8. The van der Waals surface area contributed by atoms with E-state index in [1.807, 2.05) is 11.3 Å². The molecule has 1 aromatic heterocycles. The number of hydrogen-bond acceptors (Lipinski definition) is 4. The third kappa shape index (κ3) is 3.92. The maximum atomic E-state index is 5.70. The monoisotopic (exact) mass is 346 g/mol. The van der Waals surface area contributed by atoms with Gasteiger partial charge in [-0.15, -0.1) is 0 Å². The van der Waals surface area contributed by atoms with E-state index >= 15 is 0 Å². The number of aryl methyl sites for hydroxylation is 1. The zero-order valence-electron chi connectivity index (χ0n) is 14.3. The number of nitrogens with zero attached hydrogens (tertiary/aromatic N) is 1. The van der Waals surface area contributed by atoms with E-state index in [0.29, 0.717) is 33.0 Å². The van der Waals surface area contributed by atoms with E-state index in [9.17, 15) is 0 Å². The van der Waals surface area contributed by atoms with E-state index in [-0.39, 0.29) is 0 Å². The smallest absolute Gasteiger partial charge is 0.235 e. The van der Waals surface area contributed by atoms with Crippen LogP contribution in [0.25, 0.3) is 21.0 Å². The Kier molecular flexibility index (Phi) is 6.15. The Bertz CT molecular complexity index is 800. The van der Waals surface area contributed by atoms with Gasteiger partial charge in [0.15, 0.2) is 6.54 Å². The number of hydrogen-bond donors (Lipinski definition) is 0. The van der Waals surface area contributed by atoms with Gasteiger partial charge in [0.2, 0.25) is 10.5 Å². The van der Waals surface area contributed by atoms with Gasteiger partial charge in [0, 0.05) is 25.5 Å². The Balaban J connectivity index is 1.61. The molecule has 0 spiro atoms. The summed E-state index contributed by atoms with van der Waals surface area (Å²) >= 11 is 1.85. The second kappa shape index (κ2) is 8.53. The van der Waals surface area contributed by atoms with Crippen molar-refractivity contribution in [2.24, 2.45) is 0 Å². The lowest BCUT2D eigenvalue weighted by atomic mass is 10.1. The summed E-state index contributed by atoms with van der Waals surface area (Å²) in [5.74, 6) is 0. The largest absolute Gasteiger partial charge is 0.382 e. The molecule has 0 aliphatic rings. The molecular formula is C19H24NO3S+. The van der Waals surface area contributed by atoms with Crippen molar-refractivity contribution in [3.8, 4) is 0 Å². The van der Waals surface area contributed by atoms with Crippen LogP contribution in [0.2, 0.25) is 0 Å². The number of thiazole rings is 1. The fourth-order valence-electron chi connectivity index (χ4n) is 2.82. The minimum absolute atomic E-state index is 0.613. The average molecular weight is 346 g/mol. The molecule has 2 aromatic carbocycles. The number of fused-ring (bicyclic) bond motifs is 3. The van der Waals surface area contributed by atoms with Gasteiger partial charge in [-0.05, 0) is 11.5 Å². The highest BCUT2D eigenvalue weighted by Gasteiger charge is 2.18. The summed E-state index contributed by atoms with van der Waals surface area (Å²) in [4.78, 5) is 0. The molecule has 3 rings (SSSR count). The van der Waals surface area contributed by atoms with Gasteiger partial charge in [-0.1, -0.05) is 35.6 Å². The van der Waals surface area contributed by atoms with E-state index < -0.39 is 0 Å². The molecule has 128 valence electrons. The highest BCUT2D eigenvalue weighted by molar-refractivity contribution is 7.19. The van der Waals surface area contributed by atoms with Crippen LogP contribution in [0.15, 0.2) is 36.4 Å². The predicted molar refractivity (Wildman–Crippen MR) is 97.8 cm³/mol. The zero-order valence-corrected chi connectivity index (χ0v) is 15.1. The summed E-state index contributed by atoms with van der Waals surface area (Å²) < 4.78 is 19.7. The number of ether oxygens (including phenoxy) is 3. The van der Waals surface area contributed by atoms with Gasteiger partial charge in [-0.2, -0.15) is 4.57 Å². The van der Waals surface area contributed by atoms with Gasteiger partial charge in [0.25, 0.3) is 0 Å². The zero-order chi connectivity index (χ0) is 16.8. The molecule has 0 N–H and O–H groups in total. The molecule has 0 aliphatic heterocycles. The summed E-state index contributed by atoms with van der Waals surface area (Å²) in [6, 6.07) is 13.0. The van der Waals surface area contributed by atoms with E-state index in [0.717, 1.165) is 6.54 Å². The summed E-state index contributed by atoms with van der Waals surface area (Å²) in [6.45, 7) is 6.21. The van der Waals surface area contributed by atoms with Crippen molar-refractivity contribution in [1.29, 1.82) is 0 Å². The van der Waals surface area contributed by atoms with Gasteiger partial charge in [0.1, 0.15) is 11.3 Å². The van der Waals surface area contributed by atoms with E-state index in [1.54, 1.807) is 7.11 Å². The van der Waals surface area contributed by atoms with Crippen molar-refractivity contribution in [1.82, 2.24) is 0 Å². The molecule has 3 aromatic rings. The minimum atomic E-state index is 0.613. The molecule has 5 heteroatoms. The average Bonchev–Trinajstić information content (AvgIpc) is 2.93. The van der Waals surface area contributed by atoms with E-state index in [4.69, 9.17) is 14.2 Å². The highest BCUT2D eigenvalue weighted by Crippen LogP contribution is 2.28. The Morgan fingerprint density at radius 2 is 1.67 bits per heavy atom. The fourth-order valence-corrected chi connectivity index (χ4v) is 4.00. The maximum absolute atomic E-state index is 5.70. The Morgan fingerprint density at radius 1 is 0.917 bits per heavy atom. The van der Waals surface area contributed by atoms with Crippen LogP contribution >= 0.6 is 11.3 Å². The standard InChI is InChI=1S/C19H24NO3S/c1-15-20(9-10-22-13-14-23-12-11-21-2)18-8-7-16-5-3-4-6-17(16)19(18)24-15/h3-8H,9-14H2,1-2H3/q+1. The van der Waals surface area contributed by atoms with Crippen LogP contribution < -0.4 is 4.57 Å². The van der Waals surface area contributed by atoms with Gasteiger partial charge < -0.3 is 14.2 Å². The Hall–Kier alpha value is -1.53. The highest BCUT2D eigenvalue weighted by atomic mass is 32.1. The SMILES string of the molecule is COCCOCCOCC[n+]1c(C)sc2c3ccccc3ccc21. The molecule has 0 amide bonds. The molecule has 0 fully saturated rings. The first-order valence-corrected chi connectivity index (χ1v) is 9.08. The summed E-state index contributed by atoms with van der Waals surface area (Å²) in [6.07, 6.45) is 0. The molecule has 1 heterocycles. The quantitative estimate of drug-likeness (QED) is 0.440. The first-order valence-electron chi connectivity index (χ1n) is 8.26. The van der Waals surface area contributed by atoms with Gasteiger partial charge in [-0.25, -0.2) is 0 Å². The third-order valence-electron chi connectivity index (χ3n) is 4.04. The molecule has 0 unspecified atom stereocenters. The van der Waals surface area contributed by atoms with E-state index in [2.05, 4.69) is 47.9 Å². The molecule has 0 aliphatic carbocycles. The molecule has 0 saturated carbocycles. The maximum Gasteiger partial charge on any atom is 0.235 e. The van der Waals surface area contributed by atoms with Crippen molar-refractivity contribution in [3.05, 3.63) is 41.4 Å². The van der Waals surface area contributed by atoms with Gasteiger partial charge in [0.05, 0.1) is 26.4 Å². The van der Waals surface area contributed by atoms with Crippen LogP contribution in [0.5, 0.6) is 0 Å². The minimum Gasteiger partial charge on any atom is -0.382 e. The summed E-state index contributed by atoms with van der Waals surface area (Å²) in [5.41, 5.74) is 1.29. The number of rotatable bonds is 9. The van der Waals surface area contributed by atoms with Crippen molar-refractivity contribution >= 4 is 32.3 Å². The lowest BCUT2D eigenvalue weighted by Gasteiger charge is -2.04. The van der Waals surface area contributed by atoms with Crippen LogP contribution in [0.4, 0.5) is 0 Å². The fraction of sp³-hybridized carbons (Fsp3) is 0.421. The van der Waals surface area contributed by atoms with Crippen LogP contribution in [0, 0.1) is 6.92 Å². The molecular weight excluding hydrogens is 322 g/mol. The lowest BCUT2D eigenvalue weighted by molar-refractivity contribution is -0.674. The number of aromatic nitrogens is 1. The lowest BCUT2D eigenvalue weighted by Crippen LogP contribution is -2.37. The van der Waals surface area contributed by atoms with Crippen LogP contribution in [-0.4, -0.2) is 40.1 Å². The normalized spacial score (nSPS) is 11.6. The number of methoxy groups -OCH3 is 1. The van der Waals surface area contributed by atoms with Crippen LogP contribution in [0.3, 0.4) is 0 Å². The van der Waals surface area contributed by atoms with Crippen molar-refractivity contribution in [2.45, 2.75) is 13.5 Å². The second-order valence-corrected chi connectivity index (χ2v) is 6.83. The first kappa shape index (κ1) is 17.3. The Morgan fingerprint density at radius 3 is 2.50 bits per heavy atom. The third-order valence-corrected chi connectivity index (χ3v) is 5.19. The van der Waals surface area contributed by atoms with Crippen molar-refractivity contribution in [3.63, 3.8) is 0 Å². The van der Waals surface area contributed by atoms with E-state index in [1.165, 1.54) is 26.0 Å². The van der Waals surface area contributed by atoms with Crippen LogP contribution in [0.1, 0.15) is 5.01 Å². The van der Waals surface area contributed by atoms with Crippen molar-refractivity contribution in [2.75, 3.05) is 40.1 Å². The second-order valence-electron chi connectivity index (χ2n) is 5.63. The summed E-state index contributed by atoms with van der Waals surface area (Å²) in [5, 5.41) is 3.93. The van der Waals surface area contributed by atoms with Gasteiger partial charge >= 0.3 is 0 Å². The molecule has 4 nitrogen and oxygen atoms in total. The van der Waals surface area contributed by atoms with Gasteiger partial charge in [-0.3, -0.25) is 0 Å². The molecule has 24 heavy (non-hydrogen) atoms. The Labute approximate surface area is 146 Å². The number of benzene rings is 2. The molecule has 0 saturated heterocycles. The predicted octanol–water partition coefficient (Wildman–Crippen LogP) is 3.33. The van der Waals surface area contributed by atoms with Crippen molar-refractivity contribution < 1.29 is 18.8 Å². The molecule has 0 radical (unpaired) electrons.